The molecule has 25 heavy (non-hydrogen) atoms. The van der Waals surface area contributed by atoms with Crippen LogP contribution in [0.25, 0.3) is 0 Å². The van der Waals surface area contributed by atoms with Gasteiger partial charge in [0.2, 0.25) is 5.91 Å². The maximum Gasteiger partial charge on any atom is 0.226 e. The van der Waals surface area contributed by atoms with Crippen molar-refractivity contribution in [1.82, 2.24) is 10.2 Å². The van der Waals surface area contributed by atoms with Crippen LogP contribution in [-0.2, 0) is 17.8 Å². The summed E-state index contributed by atoms with van der Waals surface area (Å²) < 4.78 is 5.61. The molecule has 4 rings (SSSR count). The molecule has 1 saturated carbocycles. The Hall–Kier alpha value is -1.26. The van der Waals surface area contributed by atoms with E-state index in [4.69, 9.17) is 4.74 Å². The van der Waals surface area contributed by atoms with Gasteiger partial charge in [-0.05, 0) is 56.0 Å². The van der Waals surface area contributed by atoms with Crippen LogP contribution in [-0.4, -0.2) is 36.5 Å². The van der Waals surface area contributed by atoms with Gasteiger partial charge >= 0.3 is 0 Å². The lowest BCUT2D eigenvalue weighted by molar-refractivity contribution is -0.139. The molecule has 0 radical (unpaired) electrons. The molecule has 0 unspecified atom stereocenters. The first-order valence-electron chi connectivity index (χ1n) is 9.57. The Labute approximate surface area is 156 Å². The van der Waals surface area contributed by atoms with Gasteiger partial charge in [0.05, 0.1) is 6.61 Å². The zero-order chi connectivity index (χ0) is 16.4. The zero-order valence-electron chi connectivity index (χ0n) is 14.8. The van der Waals surface area contributed by atoms with Crippen LogP contribution >= 0.6 is 12.4 Å². The van der Waals surface area contributed by atoms with Crippen LogP contribution in [0, 0.1) is 5.92 Å². The van der Waals surface area contributed by atoms with Crippen LogP contribution in [0.5, 0.6) is 5.75 Å². The molecule has 2 aliphatic heterocycles. The lowest BCUT2D eigenvalue weighted by atomic mass is 9.95. The molecule has 5 heteroatoms. The molecule has 0 aromatic heterocycles. The van der Waals surface area contributed by atoms with Crippen molar-refractivity contribution in [1.29, 1.82) is 0 Å². The van der Waals surface area contributed by atoms with E-state index in [1.165, 1.54) is 36.8 Å². The molecule has 1 aliphatic carbocycles. The topological polar surface area (TPSA) is 41.6 Å². The lowest BCUT2D eigenvalue weighted by Gasteiger charge is -2.34. The van der Waals surface area contributed by atoms with E-state index >= 15 is 0 Å². The van der Waals surface area contributed by atoms with Crippen LogP contribution in [0.15, 0.2) is 18.2 Å². The summed E-state index contributed by atoms with van der Waals surface area (Å²) >= 11 is 0. The van der Waals surface area contributed by atoms with Crippen LogP contribution in [0.2, 0.25) is 0 Å². The molecule has 138 valence electrons. The predicted octanol–water partition coefficient (Wildman–Crippen LogP) is 3.31. The second-order valence-corrected chi connectivity index (χ2v) is 7.47. The van der Waals surface area contributed by atoms with Crippen molar-refractivity contribution in [2.75, 3.05) is 19.7 Å². The number of carbonyl (C=O) groups is 1. The van der Waals surface area contributed by atoms with Gasteiger partial charge in [0, 0.05) is 24.9 Å². The van der Waals surface area contributed by atoms with E-state index in [9.17, 15) is 4.79 Å². The van der Waals surface area contributed by atoms with E-state index < -0.39 is 0 Å². The summed E-state index contributed by atoms with van der Waals surface area (Å²) in [5, 5.41) is 3.37. The first kappa shape index (κ1) is 18.5. The standard InChI is InChI=1S/C20H28N2O2.ClH/c23-20(16-7-10-21-11-8-16)22(18-3-1-2-4-18)14-15-5-6-19-17(13-15)9-12-24-19;/h5-6,13,16,18,21H,1-4,7-12,14H2;1H. The van der Waals surface area contributed by atoms with Crippen molar-refractivity contribution >= 4 is 18.3 Å². The third-order valence-electron chi connectivity index (χ3n) is 5.84. The van der Waals surface area contributed by atoms with Crippen molar-refractivity contribution in [2.24, 2.45) is 5.92 Å². The minimum atomic E-state index is 0. The fourth-order valence-electron chi connectivity index (χ4n) is 4.44. The highest BCUT2D eigenvalue weighted by Gasteiger charge is 2.32. The molecule has 1 amide bonds. The van der Waals surface area contributed by atoms with Gasteiger partial charge in [0.25, 0.3) is 0 Å². The number of ether oxygens (including phenoxy) is 1. The van der Waals surface area contributed by atoms with Crippen LogP contribution in [0.1, 0.15) is 49.7 Å². The fraction of sp³-hybridized carbons (Fsp3) is 0.650. The highest BCUT2D eigenvalue weighted by atomic mass is 35.5. The summed E-state index contributed by atoms with van der Waals surface area (Å²) in [5.74, 6) is 1.63. The normalized spacial score (nSPS) is 20.6. The molecule has 2 fully saturated rings. The Kier molecular flexibility index (Phi) is 6.24. The number of rotatable bonds is 4. The van der Waals surface area contributed by atoms with Gasteiger partial charge in [-0.15, -0.1) is 12.4 Å². The number of hydrogen-bond donors (Lipinski definition) is 1. The van der Waals surface area contributed by atoms with Crippen LogP contribution in [0.4, 0.5) is 0 Å². The smallest absolute Gasteiger partial charge is 0.226 e. The Bertz CT molecular complexity index is 595. The summed E-state index contributed by atoms with van der Waals surface area (Å²) in [6, 6.07) is 6.92. The molecule has 0 bridgehead atoms. The number of benzene rings is 1. The number of hydrogen-bond acceptors (Lipinski definition) is 3. The third kappa shape index (κ3) is 4.12. The van der Waals surface area contributed by atoms with Gasteiger partial charge in [-0.25, -0.2) is 0 Å². The van der Waals surface area contributed by atoms with Gasteiger partial charge in [0.1, 0.15) is 5.75 Å². The quantitative estimate of drug-likeness (QED) is 0.891. The minimum absolute atomic E-state index is 0. The summed E-state index contributed by atoms with van der Waals surface area (Å²) in [6.45, 7) is 3.51. The van der Waals surface area contributed by atoms with Gasteiger partial charge in [-0.1, -0.05) is 25.0 Å². The van der Waals surface area contributed by atoms with E-state index in [2.05, 4.69) is 28.4 Å². The summed E-state index contributed by atoms with van der Waals surface area (Å²) in [5.41, 5.74) is 2.56. The molecule has 1 aromatic rings. The van der Waals surface area contributed by atoms with Crippen molar-refractivity contribution < 1.29 is 9.53 Å². The SMILES string of the molecule is Cl.O=C(C1CCNCC1)N(Cc1ccc2c(c1)CCO2)C1CCCC1. The monoisotopic (exact) mass is 364 g/mol. The first-order valence-corrected chi connectivity index (χ1v) is 9.57. The number of piperidine rings is 1. The van der Waals surface area contributed by atoms with E-state index in [1.807, 2.05) is 0 Å². The average Bonchev–Trinajstić information content (AvgIpc) is 3.31. The summed E-state index contributed by atoms with van der Waals surface area (Å²) in [7, 11) is 0. The number of carbonyl (C=O) groups excluding carboxylic acids is 1. The molecule has 3 aliphatic rings. The number of nitrogens with one attached hydrogen (secondary N) is 1. The Balaban J connectivity index is 0.00000182. The largest absolute Gasteiger partial charge is 0.493 e. The minimum Gasteiger partial charge on any atom is -0.493 e. The average molecular weight is 365 g/mol. The Morgan fingerprint density at radius 1 is 1.16 bits per heavy atom. The molecule has 4 nitrogen and oxygen atoms in total. The number of fused-ring (bicyclic) bond motifs is 1. The molecule has 0 spiro atoms. The highest BCUT2D eigenvalue weighted by molar-refractivity contribution is 5.85. The Morgan fingerprint density at radius 3 is 2.68 bits per heavy atom. The lowest BCUT2D eigenvalue weighted by Crippen LogP contribution is -2.44. The molecular formula is C20H29ClN2O2. The molecule has 2 heterocycles. The zero-order valence-corrected chi connectivity index (χ0v) is 15.7. The van der Waals surface area contributed by atoms with Gasteiger partial charge in [0.15, 0.2) is 0 Å². The number of halogens is 1. The highest BCUT2D eigenvalue weighted by Crippen LogP contribution is 2.30. The van der Waals surface area contributed by atoms with E-state index in [1.54, 1.807) is 0 Å². The van der Waals surface area contributed by atoms with Crippen LogP contribution < -0.4 is 10.1 Å². The molecular weight excluding hydrogens is 336 g/mol. The van der Waals surface area contributed by atoms with Gasteiger partial charge < -0.3 is 15.0 Å². The summed E-state index contributed by atoms with van der Waals surface area (Å²) in [6.07, 6.45) is 7.84. The van der Waals surface area contributed by atoms with E-state index in [-0.39, 0.29) is 18.3 Å². The second-order valence-electron chi connectivity index (χ2n) is 7.47. The van der Waals surface area contributed by atoms with Crippen LogP contribution in [0.3, 0.4) is 0 Å². The maximum absolute atomic E-state index is 13.2. The van der Waals surface area contributed by atoms with Crippen molar-refractivity contribution in [2.45, 2.75) is 57.5 Å². The van der Waals surface area contributed by atoms with Gasteiger partial charge in [-0.2, -0.15) is 0 Å². The Morgan fingerprint density at radius 2 is 1.92 bits per heavy atom. The molecule has 0 atom stereocenters. The first-order chi connectivity index (χ1) is 11.8. The summed E-state index contributed by atoms with van der Waals surface area (Å²) in [4.78, 5) is 15.4. The maximum atomic E-state index is 13.2. The van der Waals surface area contributed by atoms with E-state index in [0.29, 0.717) is 11.9 Å². The predicted molar refractivity (Wildman–Crippen MR) is 101 cm³/mol. The van der Waals surface area contributed by atoms with Crippen molar-refractivity contribution in [3.8, 4) is 5.75 Å². The van der Waals surface area contributed by atoms with Crippen molar-refractivity contribution in [3.05, 3.63) is 29.3 Å². The molecule has 1 N–H and O–H groups in total. The third-order valence-corrected chi connectivity index (χ3v) is 5.84. The van der Waals surface area contributed by atoms with Crippen molar-refractivity contribution in [3.63, 3.8) is 0 Å². The van der Waals surface area contributed by atoms with E-state index in [0.717, 1.165) is 51.3 Å². The molecule has 1 saturated heterocycles. The van der Waals surface area contributed by atoms with Gasteiger partial charge in [-0.3, -0.25) is 4.79 Å². The fourth-order valence-corrected chi connectivity index (χ4v) is 4.44. The number of amides is 1. The second kappa shape index (κ2) is 8.41. The molecule has 1 aromatic carbocycles. The number of nitrogens with zero attached hydrogens (tertiary/aromatic N) is 1.